The minimum Gasteiger partial charge on any atom is -0.493 e. The Morgan fingerprint density at radius 3 is 2.28 bits per heavy atom. The van der Waals surface area contributed by atoms with Crippen LogP contribution in [0.2, 0.25) is 5.02 Å². The molecular formula is C32H40ClFN2O3. The lowest BCUT2D eigenvalue weighted by Gasteiger charge is -2.44. The van der Waals surface area contributed by atoms with E-state index in [4.69, 9.17) is 16.3 Å². The van der Waals surface area contributed by atoms with Gasteiger partial charge in [0, 0.05) is 43.0 Å². The van der Waals surface area contributed by atoms with Crippen LogP contribution in [0, 0.1) is 18.2 Å². The van der Waals surface area contributed by atoms with Crippen LogP contribution in [0.25, 0.3) is 0 Å². The van der Waals surface area contributed by atoms with Crippen molar-refractivity contribution in [1.82, 2.24) is 9.80 Å². The molecule has 7 heteroatoms. The summed E-state index contributed by atoms with van der Waals surface area (Å²) in [6.07, 6.45) is 8.57. The summed E-state index contributed by atoms with van der Waals surface area (Å²) in [5.74, 6) is 0.749. The molecule has 210 valence electrons. The monoisotopic (exact) mass is 554 g/mol. The highest BCUT2D eigenvalue weighted by Gasteiger charge is 2.47. The third-order valence-electron chi connectivity index (χ3n) is 9.26. The van der Waals surface area contributed by atoms with Crippen LogP contribution < -0.4 is 4.74 Å². The molecular weight excluding hydrogens is 515 g/mol. The summed E-state index contributed by atoms with van der Waals surface area (Å²) in [5, 5.41) is 0.697. The lowest BCUT2D eigenvalue weighted by Crippen LogP contribution is -2.52. The van der Waals surface area contributed by atoms with Crippen LogP contribution in [0.3, 0.4) is 0 Å². The average Bonchev–Trinajstić information content (AvgIpc) is 3.46. The normalized spacial score (nSPS) is 20.6. The molecule has 0 radical (unpaired) electrons. The maximum Gasteiger partial charge on any atom is 0.233 e. The molecule has 0 N–H and O–H groups in total. The summed E-state index contributed by atoms with van der Waals surface area (Å²) in [7, 11) is 0. The zero-order chi connectivity index (χ0) is 27.5. The molecule has 2 aromatic carbocycles. The first kappa shape index (κ1) is 27.9. The zero-order valence-corrected chi connectivity index (χ0v) is 23.8. The van der Waals surface area contributed by atoms with Gasteiger partial charge < -0.3 is 14.5 Å². The molecule has 0 unspecified atom stereocenters. The number of carbonyl (C=O) groups excluding carboxylic acids is 2. The Morgan fingerprint density at radius 2 is 1.62 bits per heavy atom. The molecule has 0 spiro atoms. The Morgan fingerprint density at radius 1 is 0.897 bits per heavy atom. The van der Waals surface area contributed by atoms with E-state index in [1.54, 1.807) is 6.07 Å². The van der Waals surface area contributed by atoms with Crippen molar-refractivity contribution in [2.75, 3.05) is 32.8 Å². The number of amides is 2. The third kappa shape index (κ3) is 6.11. The Bertz CT molecular complexity index is 1180. The Kier molecular flexibility index (Phi) is 8.51. The van der Waals surface area contributed by atoms with Crippen LogP contribution in [0.1, 0.15) is 75.3 Å². The number of aryl methyl sites for hydroxylation is 1. The number of halogens is 2. The topological polar surface area (TPSA) is 49.9 Å². The standard InChI is InChI=1S/C32H40ClFN2O3/c1-24-20-27(10-11-28(24)33)39-23-31(22-29(37)35-16-5-2-6-17-35)14-18-36(19-15-31)30(38)32(12-3-4-13-32)25-8-7-9-26(34)21-25/h7-11,20-21H,2-6,12-19,22-23H2,1H3. The molecule has 0 aromatic heterocycles. The SMILES string of the molecule is Cc1cc(OCC2(CC(=O)N3CCCCC3)CCN(C(=O)C3(c4cccc(F)c4)CCCC3)CC2)ccc1Cl. The summed E-state index contributed by atoms with van der Waals surface area (Å²) in [6, 6.07) is 12.2. The van der Waals surface area contributed by atoms with E-state index in [1.165, 1.54) is 18.6 Å². The largest absolute Gasteiger partial charge is 0.493 e. The number of nitrogens with zero attached hydrogens (tertiary/aromatic N) is 2. The van der Waals surface area contributed by atoms with E-state index in [1.807, 2.05) is 41.0 Å². The van der Waals surface area contributed by atoms with E-state index in [0.29, 0.717) is 44.0 Å². The van der Waals surface area contributed by atoms with Gasteiger partial charge in [0.2, 0.25) is 11.8 Å². The van der Waals surface area contributed by atoms with E-state index in [9.17, 15) is 14.0 Å². The first-order valence-corrected chi connectivity index (χ1v) is 14.9. The number of ether oxygens (including phenoxy) is 1. The number of benzene rings is 2. The Labute approximate surface area is 236 Å². The van der Waals surface area contributed by atoms with Crippen LogP contribution >= 0.6 is 11.6 Å². The highest BCUT2D eigenvalue weighted by Crippen LogP contribution is 2.45. The van der Waals surface area contributed by atoms with Gasteiger partial charge in [-0.05, 0) is 93.3 Å². The minimum absolute atomic E-state index is 0.107. The van der Waals surface area contributed by atoms with Crippen LogP contribution in [-0.4, -0.2) is 54.4 Å². The number of hydrogen-bond acceptors (Lipinski definition) is 3. The van der Waals surface area contributed by atoms with Gasteiger partial charge >= 0.3 is 0 Å². The maximum absolute atomic E-state index is 14.2. The molecule has 2 saturated heterocycles. The van der Waals surface area contributed by atoms with Gasteiger partial charge in [-0.1, -0.05) is 36.6 Å². The fraction of sp³-hybridized carbons (Fsp3) is 0.562. The number of rotatable bonds is 7. The molecule has 5 nitrogen and oxygen atoms in total. The fourth-order valence-electron chi connectivity index (χ4n) is 6.77. The van der Waals surface area contributed by atoms with Crippen LogP contribution in [0.5, 0.6) is 5.75 Å². The zero-order valence-electron chi connectivity index (χ0n) is 23.0. The summed E-state index contributed by atoms with van der Waals surface area (Å²) < 4.78 is 20.5. The predicted octanol–water partition coefficient (Wildman–Crippen LogP) is 6.69. The summed E-state index contributed by atoms with van der Waals surface area (Å²) >= 11 is 6.21. The maximum atomic E-state index is 14.2. The summed E-state index contributed by atoms with van der Waals surface area (Å²) in [5.41, 5.74) is 0.750. The summed E-state index contributed by atoms with van der Waals surface area (Å²) in [4.78, 5) is 31.4. The average molecular weight is 555 g/mol. The Hall–Kier alpha value is -2.60. The van der Waals surface area contributed by atoms with Crippen molar-refractivity contribution in [2.45, 2.75) is 76.5 Å². The van der Waals surface area contributed by atoms with Crippen molar-refractivity contribution in [3.05, 3.63) is 64.4 Å². The van der Waals surface area contributed by atoms with E-state index in [-0.39, 0.29) is 23.0 Å². The van der Waals surface area contributed by atoms with Gasteiger partial charge in [-0.3, -0.25) is 9.59 Å². The fourth-order valence-corrected chi connectivity index (χ4v) is 6.89. The number of hydrogen-bond donors (Lipinski definition) is 0. The highest BCUT2D eigenvalue weighted by atomic mass is 35.5. The number of carbonyl (C=O) groups is 2. The van der Waals surface area contributed by atoms with Crippen LogP contribution in [0.15, 0.2) is 42.5 Å². The van der Waals surface area contributed by atoms with Crippen LogP contribution in [0.4, 0.5) is 4.39 Å². The number of likely N-dealkylation sites (tertiary alicyclic amines) is 2. The number of piperidine rings is 2. The lowest BCUT2D eigenvalue weighted by atomic mass is 9.73. The summed E-state index contributed by atoms with van der Waals surface area (Å²) in [6.45, 7) is 5.18. The first-order chi connectivity index (χ1) is 18.8. The van der Waals surface area contributed by atoms with E-state index < -0.39 is 5.41 Å². The molecule has 2 heterocycles. The molecule has 2 amide bonds. The smallest absolute Gasteiger partial charge is 0.233 e. The van der Waals surface area contributed by atoms with Crippen molar-refractivity contribution in [2.24, 2.45) is 5.41 Å². The van der Waals surface area contributed by atoms with Gasteiger partial charge in [0.05, 0.1) is 12.0 Å². The lowest BCUT2D eigenvalue weighted by molar-refractivity contribution is -0.142. The molecule has 39 heavy (non-hydrogen) atoms. The van der Waals surface area contributed by atoms with Crippen molar-refractivity contribution in [1.29, 1.82) is 0 Å². The van der Waals surface area contributed by atoms with E-state index >= 15 is 0 Å². The van der Waals surface area contributed by atoms with Gasteiger partial charge in [0.15, 0.2) is 0 Å². The minimum atomic E-state index is -0.650. The highest BCUT2D eigenvalue weighted by molar-refractivity contribution is 6.31. The molecule has 0 atom stereocenters. The second-order valence-corrected chi connectivity index (χ2v) is 12.3. The molecule has 1 aliphatic carbocycles. The van der Waals surface area contributed by atoms with Gasteiger partial charge in [0.25, 0.3) is 0 Å². The third-order valence-corrected chi connectivity index (χ3v) is 9.69. The molecule has 3 fully saturated rings. The van der Waals surface area contributed by atoms with Crippen LogP contribution in [-0.2, 0) is 15.0 Å². The van der Waals surface area contributed by atoms with Gasteiger partial charge in [-0.2, -0.15) is 0 Å². The molecule has 1 saturated carbocycles. The van der Waals surface area contributed by atoms with Gasteiger partial charge in [-0.15, -0.1) is 0 Å². The van der Waals surface area contributed by atoms with E-state index in [0.717, 1.165) is 68.5 Å². The van der Waals surface area contributed by atoms with Crippen molar-refractivity contribution in [3.8, 4) is 5.75 Å². The predicted molar refractivity (Wildman–Crippen MR) is 152 cm³/mol. The van der Waals surface area contributed by atoms with E-state index in [2.05, 4.69) is 0 Å². The van der Waals surface area contributed by atoms with Gasteiger partial charge in [-0.25, -0.2) is 4.39 Å². The molecule has 5 rings (SSSR count). The quantitative estimate of drug-likeness (QED) is 0.383. The van der Waals surface area contributed by atoms with Crippen molar-refractivity contribution < 1.29 is 18.7 Å². The second-order valence-electron chi connectivity index (χ2n) is 11.9. The molecule has 2 aromatic rings. The second kappa shape index (κ2) is 11.9. The van der Waals surface area contributed by atoms with Crippen molar-refractivity contribution >= 4 is 23.4 Å². The Balaban J connectivity index is 1.32. The van der Waals surface area contributed by atoms with Gasteiger partial charge in [0.1, 0.15) is 11.6 Å². The molecule has 0 bridgehead atoms. The first-order valence-electron chi connectivity index (χ1n) is 14.5. The van der Waals surface area contributed by atoms with Crippen molar-refractivity contribution in [3.63, 3.8) is 0 Å². The molecule has 2 aliphatic heterocycles. The molecule has 3 aliphatic rings.